The van der Waals surface area contributed by atoms with Crippen molar-refractivity contribution >= 4 is 16.7 Å². The zero-order valence-corrected chi connectivity index (χ0v) is 16.1. The Balaban J connectivity index is 1.26. The highest BCUT2D eigenvalue weighted by Crippen LogP contribution is 2.64. The van der Waals surface area contributed by atoms with E-state index in [2.05, 4.69) is 4.98 Å². The SMILES string of the molecule is O=C(C1CC1c1cnc2cc(O)c(O)cc2c1)C12CC3CCCC(C1)C(C3)C2. The van der Waals surface area contributed by atoms with Crippen molar-refractivity contribution in [2.24, 2.45) is 29.1 Å². The van der Waals surface area contributed by atoms with E-state index in [-0.39, 0.29) is 28.7 Å². The maximum atomic E-state index is 13.6. The summed E-state index contributed by atoms with van der Waals surface area (Å²) >= 11 is 0. The van der Waals surface area contributed by atoms with Crippen LogP contribution in [0.2, 0.25) is 0 Å². The summed E-state index contributed by atoms with van der Waals surface area (Å²) in [7, 11) is 0. The zero-order valence-electron chi connectivity index (χ0n) is 16.1. The van der Waals surface area contributed by atoms with Gasteiger partial charge < -0.3 is 10.2 Å². The molecule has 146 valence electrons. The van der Waals surface area contributed by atoms with Crippen molar-refractivity contribution in [3.63, 3.8) is 0 Å². The van der Waals surface area contributed by atoms with E-state index in [1.165, 1.54) is 31.7 Å². The van der Waals surface area contributed by atoms with Gasteiger partial charge in [0.1, 0.15) is 5.78 Å². The highest BCUT2D eigenvalue weighted by atomic mass is 16.3. The molecule has 0 radical (unpaired) electrons. The molecule has 1 heterocycles. The van der Waals surface area contributed by atoms with E-state index >= 15 is 0 Å². The first-order valence-corrected chi connectivity index (χ1v) is 10.9. The lowest BCUT2D eigenvalue weighted by Crippen LogP contribution is -2.36. The van der Waals surface area contributed by atoms with E-state index in [0.717, 1.165) is 54.4 Å². The smallest absolute Gasteiger partial charge is 0.159 e. The van der Waals surface area contributed by atoms with Crippen LogP contribution >= 0.6 is 0 Å². The fraction of sp³-hybridized carbons (Fsp3) is 0.583. The third-order valence-corrected chi connectivity index (χ3v) is 8.35. The fourth-order valence-corrected chi connectivity index (χ4v) is 7.07. The average Bonchev–Trinajstić information content (AvgIpc) is 3.43. The van der Waals surface area contributed by atoms with Gasteiger partial charge in [-0.05, 0) is 73.5 Å². The van der Waals surface area contributed by atoms with Crippen LogP contribution in [0.25, 0.3) is 10.9 Å². The minimum Gasteiger partial charge on any atom is -0.504 e. The van der Waals surface area contributed by atoms with Crippen molar-refractivity contribution in [2.45, 2.75) is 57.3 Å². The molecule has 6 rings (SSSR count). The Labute approximate surface area is 165 Å². The molecule has 2 aromatic rings. The number of phenolic OH excluding ortho intramolecular Hbond substituents is 2. The lowest BCUT2D eigenvalue weighted by molar-refractivity contribution is -0.132. The van der Waals surface area contributed by atoms with E-state index in [1.807, 2.05) is 12.3 Å². The molecule has 4 heteroatoms. The molecule has 3 bridgehead atoms. The third kappa shape index (κ3) is 2.42. The zero-order chi connectivity index (χ0) is 19.0. The molecule has 2 N–H and O–H groups in total. The Hall–Kier alpha value is -2.10. The number of fused-ring (bicyclic) bond motifs is 3. The number of pyridine rings is 1. The second-order valence-corrected chi connectivity index (χ2v) is 10.1. The quantitative estimate of drug-likeness (QED) is 0.745. The van der Waals surface area contributed by atoms with Crippen molar-refractivity contribution in [3.8, 4) is 11.5 Å². The first kappa shape index (κ1) is 16.8. The van der Waals surface area contributed by atoms with Crippen LogP contribution in [-0.2, 0) is 4.79 Å². The van der Waals surface area contributed by atoms with E-state index in [1.54, 1.807) is 6.07 Å². The lowest BCUT2D eigenvalue weighted by Gasteiger charge is -2.37. The van der Waals surface area contributed by atoms with Gasteiger partial charge in [-0.15, -0.1) is 0 Å². The molecule has 0 aliphatic heterocycles. The molecule has 4 saturated carbocycles. The molecule has 1 aromatic carbocycles. The number of Topliss-reactive ketones (excluding diaryl/α,β-unsaturated/α-hetero) is 1. The predicted molar refractivity (Wildman–Crippen MR) is 106 cm³/mol. The van der Waals surface area contributed by atoms with E-state index in [9.17, 15) is 15.0 Å². The summed E-state index contributed by atoms with van der Waals surface area (Å²) in [6.07, 6.45) is 11.7. The monoisotopic (exact) mass is 377 g/mol. The Bertz CT molecular complexity index is 981. The van der Waals surface area contributed by atoms with Crippen molar-refractivity contribution in [3.05, 3.63) is 30.0 Å². The lowest BCUT2D eigenvalue weighted by atomic mass is 9.66. The van der Waals surface area contributed by atoms with Crippen molar-refractivity contribution in [1.82, 2.24) is 4.98 Å². The van der Waals surface area contributed by atoms with Crippen LogP contribution in [0, 0.1) is 29.1 Å². The summed E-state index contributed by atoms with van der Waals surface area (Å²) in [6, 6.07) is 5.08. The Morgan fingerprint density at radius 2 is 1.82 bits per heavy atom. The summed E-state index contributed by atoms with van der Waals surface area (Å²) in [4.78, 5) is 18.1. The standard InChI is InChI=1S/C24H27NO3/c26-21-6-15-5-17(12-25-20(15)8-22(21)27)18-7-19(18)23(28)24-9-13-2-1-3-14(10-24)16(4-13)11-24/h5-6,8,12-14,16,18-19,26-27H,1-4,7,9-11H2. The fourth-order valence-electron chi connectivity index (χ4n) is 7.07. The van der Waals surface area contributed by atoms with Crippen LogP contribution in [0.1, 0.15) is 62.8 Å². The minimum atomic E-state index is -0.148. The topological polar surface area (TPSA) is 70.4 Å². The van der Waals surface area contributed by atoms with Gasteiger partial charge in [0.05, 0.1) is 5.52 Å². The molecular formula is C24H27NO3. The minimum absolute atomic E-state index is 0.0214. The van der Waals surface area contributed by atoms with Crippen LogP contribution in [0.5, 0.6) is 11.5 Å². The highest BCUT2D eigenvalue weighted by molar-refractivity contribution is 5.91. The number of hydrogen-bond acceptors (Lipinski definition) is 4. The van der Waals surface area contributed by atoms with Crippen LogP contribution in [-0.4, -0.2) is 21.0 Å². The van der Waals surface area contributed by atoms with Gasteiger partial charge in [0.15, 0.2) is 11.5 Å². The normalized spacial score (nSPS) is 38.5. The number of ketones is 1. The van der Waals surface area contributed by atoms with Crippen molar-refractivity contribution in [1.29, 1.82) is 0 Å². The van der Waals surface area contributed by atoms with Gasteiger partial charge in [0.2, 0.25) is 0 Å². The van der Waals surface area contributed by atoms with E-state index in [0.29, 0.717) is 11.3 Å². The highest BCUT2D eigenvalue weighted by Gasteiger charge is 2.59. The summed E-state index contributed by atoms with van der Waals surface area (Å²) in [5, 5.41) is 20.3. The van der Waals surface area contributed by atoms with Crippen molar-refractivity contribution < 1.29 is 15.0 Å². The molecule has 4 fully saturated rings. The van der Waals surface area contributed by atoms with Crippen molar-refractivity contribution in [2.75, 3.05) is 0 Å². The molecule has 0 amide bonds. The number of aromatic nitrogens is 1. The first-order valence-electron chi connectivity index (χ1n) is 10.9. The number of carbonyl (C=O) groups excluding carboxylic acids is 1. The van der Waals surface area contributed by atoms with E-state index in [4.69, 9.17) is 0 Å². The molecular weight excluding hydrogens is 350 g/mol. The summed E-state index contributed by atoms with van der Waals surface area (Å²) in [5.41, 5.74) is 1.74. The summed E-state index contributed by atoms with van der Waals surface area (Å²) in [6.45, 7) is 0. The largest absolute Gasteiger partial charge is 0.504 e. The second-order valence-electron chi connectivity index (χ2n) is 10.1. The number of benzene rings is 1. The van der Waals surface area contributed by atoms with Crippen LogP contribution in [0.3, 0.4) is 0 Å². The van der Waals surface area contributed by atoms with Crippen LogP contribution in [0.4, 0.5) is 0 Å². The Morgan fingerprint density at radius 1 is 1.00 bits per heavy atom. The van der Waals surface area contributed by atoms with Gasteiger partial charge >= 0.3 is 0 Å². The van der Waals surface area contributed by atoms with Gasteiger partial charge in [0, 0.05) is 29.0 Å². The second kappa shape index (κ2) is 5.71. The van der Waals surface area contributed by atoms with Crippen LogP contribution < -0.4 is 0 Å². The molecule has 0 spiro atoms. The molecule has 4 aliphatic carbocycles. The average molecular weight is 377 g/mol. The van der Waals surface area contributed by atoms with Crippen LogP contribution in [0.15, 0.2) is 24.4 Å². The van der Waals surface area contributed by atoms with Gasteiger partial charge in [-0.25, -0.2) is 0 Å². The maximum Gasteiger partial charge on any atom is 0.159 e. The van der Waals surface area contributed by atoms with Gasteiger partial charge in [0.25, 0.3) is 0 Å². The molecule has 4 aliphatic rings. The summed E-state index contributed by atoms with van der Waals surface area (Å²) < 4.78 is 0. The molecule has 6 atom stereocenters. The van der Waals surface area contributed by atoms with Gasteiger partial charge in [-0.2, -0.15) is 0 Å². The van der Waals surface area contributed by atoms with Gasteiger partial charge in [-0.1, -0.05) is 19.3 Å². The van der Waals surface area contributed by atoms with Gasteiger partial charge in [-0.3, -0.25) is 9.78 Å². The number of nitrogens with zero attached hydrogens (tertiary/aromatic N) is 1. The molecule has 4 nitrogen and oxygen atoms in total. The molecule has 6 unspecified atom stereocenters. The first-order chi connectivity index (χ1) is 13.5. The Morgan fingerprint density at radius 3 is 2.71 bits per heavy atom. The molecule has 28 heavy (non-hydrogen) atoms. The number of hydrogen-bond donors (Lipinski definition) is 2. The maximum absolute atomic E-state index is 13.6. The molecule has 1 aromatic heterocycles. The molecule has 0 saturated heterocycles. The van der Waals surface area contributed by atoms with E-state index < -0.39 is 0 Å². The number of aromatic hydroxyl groups is 2. The number of phenols is 2. The Kier molecular flexibility index (Phi) is 3.43. The summed E-state index contributed by atoms with van der Waals surface area (Å²) in [5.74, 6) is 3.09. The number of carbonyl (C=O) groups is 1. The third-order valence-electron chi connectivity index (χ3n) is 8.35. The predicted octanol–water partition coefficient (Wildman–Crippen LogP) is 4.93. The number of rotatable bonds is 3.